The minimum atomic E-state index is -0.993. The maximum atomic E-state index is 11.0. The fourth-order valence-corrected chi connectivity index (χ4v) is 2.82. The number of ether oxygens (including phenoxy) is 1. The van der Waals surface area contributed by atoms with E-state index >= 15 is 0 Å². The van der Waals surface area contributed by atoms with Crippen molar-refractivity contribution in [2.45, 2.75) is 5.03 Å². The second-order valence-electron chi connectivity index (χ2n) is 3.93. The van der Waals surface area contributed by atoms with Crippen LogP contribution in [0.25, 0.3) is 0 Å². The minimum Gasteiger partial charge on any atom is -0.491 e. The Balaban J connectivity index is 1.89. The molecule has 0 spiro atoms. The zero-order valence-electron chi connectivity index (χ0n) is 10.8. The van der Waals surface area contributed by atoms with Crippen molar-refractivity contribution in [3.63, 3.8) is 0 Å². The topological polar surface area (TPSA) is 59.4 Å². The molecule has 0 aliphatic rings. The van der Waals surface area contributed by atoms with Crippen molar-refractivity contribution < 1.29 is 14.6 Å². The number of hydrogen-bond acceptors (Lipinski definition) is 4. The monoisotopic (exact) mass is 343 g/mol. The molecule has 0 saturated carbocycles. The number of hydrogen-bond donors (Lipinski definition) is 1. The maximum Gasteiger partial charge on any atom is 0.338 e. The highest BCUT2D eigenvalue weighted by Crippen LogP contribution is 2.28. The van der Waals surface area contributed by atoms with Gasteiger partial charge in [0, 0.05) is 17.0 Å². The van der Waals surface area contributed by atoms with Crippen LogP contribution in [0.5, 0.6) is 5.75 Å². The summed E-state index contributed by atoms with van der Waals surface area (Å²) in [7, 11) is 0. The normalized spacial score (nSPS) is 10.4. The average molecular weight is 344 g/mol. The van der Waals surface area contributed by atoms with E-state index in [2.05, 4.69) is 4.98 Å². The SMILES string of the molecule is O=C(O)c1cccnc1SCCOc1ccc(Cl)cc1Cl. The van der Waals surface area contributed by atoms with E-state index in [0.717, 1.165) is 0 Å². The van der Waals surface area contributed by atoms with Gasteiger partial charge in [-0.25, -0.2) is 9.78 Å². The lowest BCUT2D eigenvalue weighted by Gasteiger charge is -2.08. The van der Waals surface area contributed by atoms with E-state index < -0.39 is 5.97 Å². The fraction of sp³-hybridized carbons (Fsp3) is 0.143. The number of halogens is 2. The van der Waals surface area contributed by atoms with Crippen molar-refractivity contribution in [1.82, 2.24) is 4.98 Å². The van der Waals surface area contributed by atoms with Crippen molar-refractivity contribution in [2.75, 3.05) is 12.4 Å². The average Bonchev–Trinajstić information content (AvgIpc) is 2.45. The molecule has 0 atom stereocenters. The van der Waals surface area contributed by atoms with E-state index in [-0.39, 0.29) is 5.56 Å². The summed E-state index contributed by atoms with van der Waals surface area (Å²) in [6.07, 6.45) is 1.56. The third-order valence-corrected chi connectivity index (χ3v) is 3.98. The highest BCUT2D eigenvalue weighted by atomic mass is 35.5. The van der Waals surface area contributed by atoms with Gasteiger partial charge in [0.2, 0.25) is 0 Å². The van der Waals surface area contributed by atoms with E-state index in [9.17, 15) is 4.79 Å². The standard InChI is InChI=1S/C14H11Cl2NO3S/c15-9-3-4-12(11(16)8-9)20-6-7-21-13-10(14(18)19)2-1-5-17-13/h1-5,8H,6-7H2,(H,18,19). The van der Waals surface area contributed by atoms with Gasteiger partial charge in [0.05, 0.1) is 17.2 Å². The first-order chi connectivity index (χ1) is 10.1. The molecule has 0 unspecified atom stereocenters. The van der Waals surface area contributed by atoms with Gasteiger partial charge in [-0.05, 0) is 30.3 Å². The van der Waals surface area contributed by atoms with Gasteiger partial charge in [0.25, 0.3) is 0 Å². The summed E-state index contributed by atoms with van der Waals surface area (Å²) in [6, 6.07) is 8.11. The first kappa shape index (κ1) is 15.9. The number of pyridine rings is 1. The van der Waals surface area contributed by atoms with Crippen molar-refractivity contribution in [3.8, 4) is 5.75 Å². The molecular weight excluding hydrogens is 333 g/mol. The first-order valence-corrected chi connectivity index (χ1v) is 7.71. The lowest BCUT2D eigenvalue weighted by atomic mass is 10.3. The molecule has 1 N–H and O–H groups in total. The Labute approximate surface area is 136 Å². The Morgan fingerprint density at radius 1 is 1.33 bits per heavy atom. The molecule has 0 radical (unpaired) electrons. The van der Waals surface area contributed by atoms with Crippen LogP contribution in [0.2, 0.25) is 10.0 Å². The number of thioether (sulfide) groups is 1. The number of benzene rings is 1. The predicted molar refractivity (Wildman–Crippen MR) is 83.9 cm³/mol. The van der Waals surface area contributed by atoms with E-state index in [1.54, 1.807) is 30.5 Å². The quantitative estimate of drug-likeness (QED) is 0.627. The third-order valence-electron chi connectivity index (χ3n) is 2.48. The zero-order chi connectivity index (χ0) is 15.2. The number of aromatic nitrogens is 1. The molecule has 0 saturated heterocycles. The van der Waals surface area contributed by atoms with Crippen LogP contribution in [0.3, 0.4) is 0 Å². The predicted octanol–water partition coefficient (Wildman–Crippen LogP) is 4.26. The lowest BCUT2D eigenvalue weighted by molar-refractivity contribution is 0.0692. The molecule has 1 aromatic heterocycles. The van der Waals surface area contributed by atoms with E-state index in [0.29, 0.717) is 33.2 Å². The molecule has 0 amide bonds. The number of carboxylic acid groups (broad SMARTS) is 1. The molecule has 0 aliphatic heterocycles. The van der Waals surface area contributed by atoms with Crippen molar-refractivity contribution in [1.29, 1.82) is 0 Å². The number of rotatable bonds is 6. The van der Waals surface area contributed by atoms with Crippen LogP contribution in [0.1, 0.15) is 10.4 Å². The van der Waals surface area contributed by atoms with Crippen molar-refractivity contribution in [3.05, 3.63) is 52.1 Å². The summed E-state index contributed by atoms with van der Waals surface area (Å²) < 4.78 is 5.53. The van der Waals surface area contributed by atoms with Crippen LogP contribution in [-0.2, 0) is 0 Å². The summed E-state index contributed by atoms with van der Waals surface area (Å²) in [6.45, 7) is 0.377. The molecule has 0 bridgehead atoms. The van der Waals surface area contributed by atoms with Gasteiger partial charge in [0.1, 0.15) is 10.8 Å². The Morgan fingerprint density at radius 2 is 2.14 bits per heavy atom. The number of carboxylic acids is 1. The van der Waals surface area contributed by atoms with E-state index in [4.69, 9.17) is 33.0 Å². The summed E-state index contributed by atoms with van der Waals surface area (Å²) in [4.78, 5) is 15.1. The van der Waals surface area contributed by atoms with Crippen LogP contribution < -0.4 is 4.74 Å². The van der Waals surface area contributed by atoms with Gasteiger partial charge in [0.15, 0.2) is 0 Å². The summed E-state index contributed by atoms with van der Waals surface area (Å²) in [5.41, 5.74) is 0.187. The number of nitrogens with zero attached hydrogens (tertiary/aromatic N) is 1. The molecule has 21 heavy (non-hydrogen) atoms. The molecule has 7 heteroatoms. The van der Waals surface area contributed by atoms with E-state index in [1.807, 2.05) is 0 Å². The van der Waals surface area contributed by atoms with Crippen LogP contribution in [-0.4, -0.2) is 28.4 Å². The lowest BCUT2D eigenvalue weighted by Crippen LogP contribution is -2.04. The first-order valence-electron chi connectivity index (χ1n) is 5.97. The highest BCUT2D eigenvalue weighted by molar-refractivity contribution is 7.99. The molecule has 4 nitrogen and oxygen atoms in total. The fourth-order valence-electron chi connectivity index (χ4n) is 1.55. The zero-order valence-corrected chi connectivity index (χ0v) is 13.1. The van der Waals surface area contributed by atoms with Crippen LogP contribution in [0.15, 0.2) is 41.6 Å². The molecule has 0 aliphatic carbocycles. The molecule has 2 rings (SSSR count). The van der Waals surface area contributed by atoms with Crippen LogP contribution in [0.4, 0.5) is 0 Å². The maximum absolute atomic E-state index is 11.0. The number of aromatic carboxylic acids is 1. The second-order valence-corrected chi connectivity index (χ2v) is 5.86. The minimum absolute atomic E-state index is 0.187. The Morgan fingerprint density at radius 3 is 2.86 bits per heavy atom. The molecular formula is C14H11Cl2NO3S. The molecule has 0 fully saturated rings. The summed E-state index contributed by atoms with van der Waals surface area (Å²) in [5, 5.41) is 10.5. The van der Waals surface area contributed by atoms with Gasteiger partial charge < -0.3 is 9.84 Å². The largest absolute Gasteiger partial charge is 0.491 e. The van der Waals surface area contributed by atoms with Gasteiger partial charge in [-0.2, -0.15) is 0 Å². The van der Waals surface area contributed by atoms with Gasteiger partial charge >= 0.3 is 5.97 Å². The molecule has 2 aromatic rings. The number of carbonyl (C=O) groups is 1. The third kappa shape index (κ3) is 4.52. The van der Waals surface area contributed by atoms with Crippen LogP contribution in [0, 0.1) is 0 Å². The molecule has 1 heterocycles. The van der Waals surface area contributed by atoms with Gasteiger partial charge in [-0.15, -0.1) is 11.8 Å². The van der Waals surface area contributed by atoms with Gasteiger partial charge in [-0.1, -0.05) is 23.2 Å². The molecule has 110 valence electrons. The summed E-state index contributed by atoms with van der Waals surface area (Å²) in [5.74, 6) is 0.101. The van der Waals surface area contributed by atoms with Crippen molar-refractivity contribution in [2.24, 2.45) is 0 Å². The smallest absolute Gasteiger partial charge is 0.338 e. The van der Waals surface area contributed by atoms with Crippen molar-refractivity contribution >= 4 is 40.9 Å². The second kappa shape index (κ2) is 7.54. The van der Waals surface area contributed by atoms with E-state index in [1.165, 1.54) is 17.8 Å². The highest BCUT2D eigenvalue weighted by Gasteiger charge is 2.11. The van der Waals surface area contributed by atoms with Crippen LogP contribution >= 0.6 is 35.0 Å². The Hall–Kier alpha value is -1.43. The Kier molecular flexibility index (Phi) is 5.73. The summed E-state index contributed by atoms with van der Waals surface area (Å²) >= 11 is 13.1. The molecule has 1 aromatic carbocycles. The Bertz CT molecular complexity index is 652. The van der Waals surface area contributed by atoms with Gasteiger partial charge in [-0.3, -0.25) is 0 Å².